The van der Waals surface area contributed by atoms with E-state index < -0.39 is 0 Å². The van der Waals surface area contributed by atoms with Gasteiger partial charge in [0.15, 0.2) is 0 Å². The Morgan fingerprint density at radius 2 is 2.38 bits per heavy atom. The fourth-order valence-electron chi connectivity index (χ4n) is 2.57. The number of hydrogen-bond donors (Lipinski definition) is 2. The van der Waals surface area contributed by atoms with Gasteiger partial charge in [-0.2, -0.15) is 0 Å². The lowest BCUT2D eigenvalue weighted by Gasteiger charge is -2.20. The van der Waals surface area contributed by atoms with Crippen molar-refractivity contribution in [1.29, 1.82) is 0 Å². The average molecular weight is 238 g/mol. The molecule has 0 spiro atoms. The standard InChI is InChI=1S/C13H22N2S/c1-3-10(12-5-4-9(2)16-12)8-11-6-7-15-13(11)14/h4-5,10-11,13,15H,3,6-8,14H2,1-2H3. The zero-order valence-corrected chi connectivity index (χ0v) is 11.0. The number of thiophene rings is 1. The van der Waals surface area contributed by atoms with Crippen LogP contribution in [-0.2, 0) is 0 Å². The Kier molecular flexibility index (Phi) is 4.00. The van der Waals surface area contributed by atoms with Crippen molar-refractivity contribution in [2.24, 2.45) is 11.7 Å². The second-order valence-corrected chi connectivity index (χ2v) is 6.14. The molecule has 0 amide bonds. The van der Waals surface area contributed by atoms with E-state index >= 15 is 0 Å². The molecule has 1 aromatic heterocycles. The molecule has 1 fully saturated rings. The van der Waals surface area contributed by atoms with Crippen molar-refractivity contribution in [1.82, 2.24) is 5.32 Å². The highest BCUT2D eigenvalue weighted by Gasteiger charge is 2.26. The molecular weight excluding hydrogens is 216 g/mol. The molecular formula is C13H22N2S. The predicted octanol–water partition coefficient (Wildman–Crippen LogP) is 2.83. The molecule has 1 aromatic rings. The van der Waals surface area contributed by atoms with E-state index in [-0.39, 0.29) is 6.17 Å². The van der Waals surface area contributed by atoms with E-state index in [4.69, 9.17) is 5.73 Å². The summed E-state index contributed by atoms with van der Waals surface area (Å²) in [5.41, 5.74) is 6.06. The topological polar surface area (TPSA) is 38.0 Å². The van der Waals surface area contributed by atoms with Crippen LogP contribution in [0.3, 0.4) is 0 Å². The van der Waals surface area contributed by atoms with Crippen LogP contribution in [0.15, 0.2) is 12.1 Å². The third-order valence-corrected chi connectivity index (χ3v) is 4.81. The van der Waals surface area contributed by atoms with Gasteiger partial charge in [0.1, 0.15) is 0 Å². The van der Waals surface area contributed by atoms with E-state index in [0.29, 0.717) is 11.8 Å². The van der Waals surface area contributed by atoms with E-state index in [1.165, 1.54) is 24.1 Å². The Labute approximate surface area is 102 Å². The van der Waals surface area contributed by atoms with Gasteiger partial charge in [0.25, 0.3) is 0 Å². The van der Waals surface area contributed by atoms with E-state index in [1.807, 2.05) is 11.3 Å². The van der Waals surface area contributed by atoms with Crippen molar-refractivity contribution in [2.45, 2.75) is 45.2 Å². The molecule has 1 saturated heterocycles. The highest BCUT2D eigenvalue weighted by Crippen LogP contribution is 2.34. The summed E-state index contributed by atoms with van der Waals surface area (Å²) in [6.45, 7) is 5.56. The van der Waals surface area contributed by atoms with Crippen LogP contribution in [0.5, 0.6) is 0 Å². The molecule has 0 bridgehead atoms. The summed E-state index contributed by atoms with van der Waals surface area (Å²) in [4.78, 5) is 2.96. The Bertz CT molecular complexity index is 334. The van der Waals surface area contributed by atoms with Crippen LogP contribution in [0.1, 0.15) is 41.9 Å². The summed E-state index contributed by atoms with van der Waals surface area (Å²) in [5, 5.41) is 3.34. The molecule has 90 valence electrons. The van der Waals surface area contributed by atoms with Gasteiger partial charge in [0, 0.05) is 9.75 Å². The van der Waals surface area contributed by atoms with Gasteiger partial charge in [0.2, 0.25) is 0 Å². The first kappa shape index (κ1) is 12.1. The largest absolute Gasteiger partial charge is 0.316 e. The van der Waals surface area contributed by atoms with Gasteiger partial charge in [-0.25, -0.2) is 0 Å². The minimum atomic E-state index is 0.218. The molecule has 0 aromatic carbocycles. The molecule has 0 aliphatic carbocycles. The normalized spacial score (nSPS) is 27.2. The molecule has 0 saturated carbocycles. The van der Waals surface area contributed by atoms with Gasteiger partial charge in [-0.3, -0.25) is 0 Å². The lowest BCUT2D eigenvalue weighted by atomic mass is 9.89. The van der Waals surface area contributed by atoms with Gasteiger partial charge >= 0.3 is 0 Å². The average Bonchev–Trinajstić information content (AvgIpc) is 2.85. The zero-order valence-electron chi connectivity index (χ0n) is 10.2. The lowest BCUT2D eigenvalue weighted by molar-refractivity contribution is 0.389. The smallest absolute Gasteiger partial charge is 0.0576 e. The van der Waals surface area contributed by atoms with Crippen molar-refractivity contribution in [3.63, 3.8) is 0 Å². The SMILES string of the molecule is CCC(CC1CCNC1N)c1ccc(C)s1. The van der Waals surface area contributed by atoms with Gasteiger partial charge < -0.3 is 11.1 Å². The highest BCUT2D eigenvalue weighted by molar-refractivity contribution is 7.12. The Morgan fingerprint density at radius 1 is 1.56 bits per heavy atom. The number of rotatable bonds is 4. The fraction of sp³-hybridized carbons (Fsp3) is 0.692. The molecule has 1 aliphatic rings. The lowest BCUT2D eigenvalue weighted by Crippen LogP contribution is -2.36. The second kappa shape index (κ2) is 5.30. The van der Waals surface area contributed by atoms with Crippen LogP contribution in [0.2, 0.25) is 0 Å². The zero-order chi connectivity index (χ0) is 11.5. The quantitative estimate of drug-likeness (QED) is 0.846. The van der Waals surface area contributed by atoms with Crippen molar-refractivity contribution in [3.8, 4) is 0 Å². The Hall–Kier alpha value is -0.380. The minimum absolute atomic E-state index is 0.218. The van der Waals surface area contributed by atoms with Gasteiger partial charge in [-0.15, -0.1) is 11.3 Å². The summed E-state index contributed by atoms with van der Waals surface area (Å²) < 4.78 is 0. The van der Waals surface area contributed by atoms with E-state index in [0.717, 1.165) is 6.54 Å². The van der Waals surface area contributed by atoms with E-state index in [1.54, 1.807) is 4.88 Å². The number of aryl methyl sites for hydroxylation is 1. The van der Waals surface area contributed by atoms with Crippen molar-refractivity contribution < 1.29 is 0 Å². The van der Waals surface area contributed by atoms with E-state index in [2.05, 4.69) is 31.3 Å². The second-order valence-electron chi connectivity index (χ2n) is 4.82. The summed E-state index contributed by atoms with van der Waals surface area (Å²) in [6, 6.07) is 4.53. The van der Waals surface area contributed by atoms with E-state index in [9.17, 15) is 0 Å². The van der Waals surface area contributed by atoms with Gasteiger partial charge in [-0.05, 0) is 56.7 Å². The third kappa shape index (κ3) is 2.65. The fourth-order valence-corrected chi connectivity index (χ4v) is 3.64. The highest BCUT2D eigenvalue weighted by atomic mass is 32.1. The van der Waals surface area contributed by atoms with Crippen LogP contribution < -0.4 is 11.1 Å². The Morgan fingerprint density at radius 3 is 2.88 bits per heavy atom. The first-order valence-corrected chi connectivity index (χ1v) is 7.07. The molecule has 3 atom stereocenters. The summed E-state index contributed by atoms with van der Waals surface area (Å²) in [6.07, 6.45) is 3.92. The summed E-state index contributed by atoms with van der Waals surface area (Å²) >= 11 is 1.94. The molecule has 3 unspecified atom stereocenters. The first-order valence-electron chi connectivity index (χ1n) is 6.26. The maximum atomic E-state index is 6.06. The summed E-state index contributed by atoms with van der Waals surface area (Å²) in [7, 11) is 0. The van der Waals surface area contributed by atoms with Crippen LogP contribution >= 0.6 is 11.3 Å². The maximum Gasteiger partial charge on any atom is 0.0576 e. The van der Waals surface area contributed by atoms with Crippen LogP contribution in [0, 0.1) is 12.8 Å². The number of nitrogens with two attached hydrogens (primary N) is 1. The Balaban J connectivity index is 2.00. The van der Waals surface area contributed by atoms with Gasteiger partial charge in [-0.1, -0.05) is 6.92 Å². The molecule has 0 radical (unpaired) electrons. The van der Waals surface area contributed by atoms with Crippen LogP contribution in [0.25, 0.3) is 0 Å². The third-order valence-electron chi connectivity index (χ3n) is 3.65. The molecule has 1 aliphatic heterocycles. The van der Waals surface area contributed by atoms with Crippen molar-refractivity contribution >= 4 is 11.3 Å². The molecule has 16 heavy (non-hydrogen) atoms. The molecule has 2 nitrogen and oxygen atoms in total. The van der Waals surface area contributed by atoms with Crippen molar-refractivity contribution in [3.05, 3.63) is 21.9 Å². The summed E-state index contributed by atoms with van der Waals surface area (Å²) in [5.74, 6) is 1.36. The molecule has 2 rings (SSSR count). The maximum absolute atomic E-state index is 6.06. The van der Waals surface area contributed by atoms with Gasteiger partial charge in [0.05, 0.1) is 6.17 Å². The molecule has 3 N–H and O–H groups in total. The van der Waals surface area contributed by atoms with Crippen molar-refractivity contribution in [2.75, 3.05) is 6.54 Å². The first-order chi connectivity index (χ1) is 7.70. The molecule has 2 heterocycles. The minimum Gasteiger partial charge on any atom is -0.316 e. The predicted molar refractivity (Wildman–Crippen MR) is 70.8 cm³/mol. The van der Waals surface area contributed by atoms with Crippen LogP contribution in [-0.4, -0.2) is 12.7 Å². The monoisotopic (exact) mass is 238 g/mol. The van der Waals surface area contributed by atoms with Crippen LogP contribution in [0.4, 0.5) is 0 Å². The molecule has 3 heteroatoms. The number of hydrogen-bond acceptors (Lipinski definition) is 3. The number of nitrogens with one attached hydrogen (secondary N) is 1.